The maximum Gasteiger partial charge on any atom is 0.573 e. The van der Waals surface area contributed by atoms with Crippen molar-refractivity contribution in [2.24, 2.45) is 0 Å². The predicted molar refractivity (Wildman–Crippen MR) is 61.9 cm³/mol. The van der Waals surface area contributed by atoms with Crippen LogP contribution in [-0.4, -0.2) is 30.5 Å². The molecule has 0 radical (unpaired) electrons. The Kier molecular flexibility index (Phi) is 5.33. The maximum absolute atomic E-state index is 12.0. The van der Waals surface area contributed by atoms with Crippen LogP contribution in [0.5, 0.6) is 11.5 Å². The molecule has 1 rings (SSSR count). The number of carbonyl (C=O) groups is 1. The molecule has 0 fully saturated rings. The summed E-state index contributed by atoms with van der Waals surface area (Å²) in [6, 6.07) is 2.29. The molecule has 116 valence electrons. The lowest BCUT2D eigenvalue weighted by atomic mass is 10.3. The largest absolute Gasteiger partial charge is 0.573 e. The molecule has 0 atom stereocenters. The summed E-state index contributed by atoms with van der Waals surface area (Å²) in [7, 11) is 0. The van der Waals surface area contributed by atoms with Crippen molar-refractivity contribution < 1.29 is 37.1 Å². The number of nitro groups is 1. The fraction of sp³-hybridized carbons (Fsp3) is 0.364. The number of halogens is 3. The van der Waals surface area contributed by atoms with E-state index >= 15 is 0 Å². The van der Waals surface area contributed by atoms with Gasteiger partial charge in [0.2, 0.25) is 0 Å². The molecule has 0 aliphatic carbocycles. The molecule has 0 N–H and O–H groups in total. The lowest BCUT2D eigenvalue weighted by Crippen LogP contribution is -2.17. The van der Waals surface area contributed by atoms with Crippen LogP contribution in [0.25, 0.3) is 0 Å². The highest BCUT2D eigenvalue weighted by molar-refractivity contribution is 5.71. The molecule has 0 aliphatic rings. The van der Waals surface area contributed by atoms with E-state index in [4.69, 9.17) is 4.74 Å². The highest BCUT2D eigenvalue weighted by atomic mass is 19.4. The molecular formula is C11H10F3NO6. The van der Waals surface area contributed by atoms with Crippen molar-refractivity contribution in [2.45, 2.75) is 13.3 Å². The van der Waals surface area contributed by atoms with Crippen LogP contribution in [0.2, 0.25) is 0 Å². The van der Waals surface area contributed by atoms with Gasteiger partial charge in [0.15, 0.2) is 12.4 Å². The first-order valence-electron chi connectivity index (χ1n) is 5.55. The number of hydrogen-bond donors (Lipinski definition) is 0. The molecule has 0 amide bonds. The highest BCUT2D eigenvalue weighted by Gasteiger charge is 2.32. The van der Waals surface area contributed by atoms with Gasteiger partial charge in [0.05, 0.1) is 17.6 Å². The summed E-state index contributed by atoms with van der Waals surface area (Å²) < 4.78 is 49.0. The molecule has 0 aliphatic heterocycles. The number of hydrogen-bond acceptors (Lipinski definition) is 6. The number of benzene rings is 1. The molecular weight excluding hydrogens is 299 g/mol. The molecule has 7 nitrogen and oxygen atoms in total. The van der Waals surface area contributed by atoms with E-state index in [0.29, 0.717) is 6.07 Å². The first-order valence-corrected chi connectivity index (χ1v) is 5.55. The van der Waals surface area contributed by atoms with Crippen LogP contribution in [0, 0.1) is 10.1 Å². The molecule has 1 aromatic rings. The second kappa shape index (κ2) is 6.77. The van der Waals surface area contributed by atoms with Gasteiger partial charge in [-0.2, -0.15) is 0 Å². The summed E-state index contributed by atoms with van der Waals surface area (Å²) in [5.41, 5.74) is -0.763. The summed E-state index contributed by atoms with van der Waals surface area (Å²) in [6.07, 6.45) is -4.97. The zero-order chi connectivity index (χ0) is 16.0. The van der Waals surface area contributed by atoms with Crippen molar-refractivity contribution in [3.05, 3.63) is 28.3 Å². The predicted octanol–water partition coefficient (Wildman–Crippen LogP) is 2.44. The molecule has 0 unspecified atom stereocenters. The summed E-state index contributed by atoms with van der Waals surface area (Å²) >= 11 is 0. The molecule has 0 bridgehead atoms. The molecule has 0 saturated carbocycles. The maximum atomic E-state index is 12.0. The molecule has 0 heterocycles. The smallest absolute Gasteiger partial charge is 0.475 e. The number of nitrogens with zero attached hydrogens (tertiary/aromatic N) is 1. The van der Waals surface area contributed by atoms with Crippen molar-refractivity contribution in [3.63, 3.8) is 0 Å². The Balaban J connectivity index is 2.89. The zero-order valence-corrected chi connectivity index (χ0v) is 10.7. The van der Waals surface area contributed by atoms with Gasteiger partial charge in [0.1, 0.15) is 5.75 Å². The summed E-state index contributed by atoms with van der Waals surface area (Å²) in [6.45, 7) is 1.06. The van der Waals surface area contributed by atoms with E-state index in [1.807, 2.05) is 0 Å². The standard InChI is InChI=1S/C11H10F3NO6/c1-2-19-10(16)6-20-9-4-3-7(21-11(12,13)14)5-8(9)15(17)18/h3-5H,2,6H2,1H3. The third kappa shape index (κ3) is 5.55. The van der Waals surface area contributed by atoms with Crippen molar-refractivity contribution >= 4 is 11.7 Å². The number of ether oxygens (including phenoxy) is 3. The topological polar surface area (TPSA) is 87.9 Å². The number of carbonyl (C=O) groups excluding carboxylic acids is 1. The first kappa shape index (κ1) is 16.5. The number of esters is 1. The third-order valence-corrected chi connectivity index (χ3v) is 2.01. The van der Waals surface area contributed by atoms with Crippen LogP contribution in [-0.2, 0) is 9.53 Å². The fourth-order valence-corrected chi connectivity index (χ4v) is 1.30. The molecule has 0 spiro atoms. The van der Waals surface area contributed by atoms with E-state index < -0.39 is 35.3 Å². The monoisotopic (exact) mass is 309 g/mol. The van der Waals surface area contributed by atoms with E-state index in [-0.39, 0.29) is 12.4 Å². The quantitative estimate of drug-likeness (QED) is 0.455. The van der Waals surface area contributed by atoms with E-state index in [1.54, 1.807) is 6.92 Å². The van der Waals surface area contributed by atoms with E-state index in [9.17, 15) is 28.1 Å². The van der Waals surface area contributed by atoms with E-state index in [2.05, 4.69) is 9.47 Å². The third-order valence-electron chi connectivity index (χ3n) is 2.01. The summed E-state index contributed by atoms with van der Waals surface area (Å²) in [5, 5.41) is 10.8. The van der Waals surface area contributed by atoms with Crippen LogP contribution in [0.4, 0.5) is 18.9 Å². The Bertz CT molecular complexity index is 531. The van der Waals surface area contributed by atoms with Gasteiger partial charge >= 0.3 is 18.0 Å². The molecule has 21 heavy (non-hydrogen) atoms. The fourth-order valence-electron chi connectivity index (χ4n) is 1.30. The van der Waals surface area contributed by atoms with Crippen LogP contribution < -0.4 is 9.47 Å². The van der Waals surface area contributed by atoms with Crippen LogP contribution in [0.15, 0.2) is 18.2 Å². The molecule has 0 saturated heterocycles. The SMILES string of the molecule is CCOC(=O)COc1ccc(OC(F)(F)F)cc1[N+](=O)[O-]. The highest BCUT2D eigenvalue weighted by Crippen LogP contribution is 2.33. The molecule has 0 aromatic heterocycles. The van der Waals surface area contributed by atoms with Crippen LogP contribution in [0.3, 0.4) is 0 Å². The average Bonchev–Trinajstić information content (AvgIpc) is 2.35. The minimum atomic E-state index is -4.97. The Hall–Kier alpha value is -2.52. The number of nitro benzene ring substituents is 1. The lowest BCUT2D eigenvalue weighted by molar-refractivity contribution is -0.386. The Morgan fingerprint density at radius 1 is 1.38 bits per heavy atom. The van der Waals surface area contributed by atoms with Gasteiger partial charge in [-0.25, -0.2) is 4.79 Å². The van der Waals surface area contributed by atoms with Gasteiger partial charge in [-0.3, -0.25) is 10.1 Å². The van der Waals surface area contributed by atoms with Gasteiger partial charge in [0.25, 0.3) is 0 Å². The van der Waals surface area contributed by atoms with Gasteiger partial charge in [-0.05, 0) is 19.1 Å². The minimum absolute atomic E-state index is 0.0998. The normalized spacial score (nSPS) is 10.9. The average molecular weight is 309 g/mol. The summed E-state index contributed by atoms with van der Waals surface area (Å²) in [4.78, 5) is 20.9. The van der Waals surface area contributed by atoms with E-state index in [0.717, 1.165) is 12.1 Å². The first-order chi connectivity index (χ1) is 9.73. The van der Waals surface area contributed by atoms with Crippen molar-refractivity contribution in [1.82, 2.24) is 0 Å². The zero-order valence-electron chi connectivity index (χ0n) is 10.7. The number of rotatable bonds is 6. The van der Waals surface area contributed by atoms with Crippen molar-refractivity contribution in [2.75, 3.05) is 13.2 Å². The van der Waals surface area contributed by atoms with Crippen molar-refractivity contribution in [1.29, 1.82) is 0 Å². The molecule has 10 heteroatoms. The molecule has 1 aromatic carbocycles. The van der Waals surface area contributed by atoms with Crippen molar-refractivity contribution in [3.8, 4) is 11.5 Å². The Morgan fingerprint density at radius 3 is 2.57 bits per heavy atom. The van der Waals surface area contributed by atoms with E-state index in [1.165, 1.54) is 0 Å². The van der Waals surface area contributed by atoms with Crippen LogP contribution >= 0.6 is 0 Å². The number of alkyl halides is 3. The van der Waals surface area contributed by atoms with Crippen LogP contribution in [0.1, 0.15) is 6.92 Å². The Labute approximate surface area is 116 Å². The van der Waals surface area contributed by atoms with Gasteiger partial charge in [0, 0.05) is 0 Å². The summed E-state index contributed by atoms with van der Waals surface area (Å²) in [5.74, 6) is -1.90. The van der Waals surface area contributed by atoms with Gasteiger partial charge in [-0.15, -0.1) is 13.2 Å². The van der Waals surface area contributed by atoms with Gasteiger partial charge in [-0.1, -0.05) is 0 Å². The minimum Gasteiger partial charge on any atom is -0.475 e. The second-order valence-corrected chi connectivity index (χ2v) is 3.53. The lowest BCUT2D eigenvalue weighted by Gasteiger charge is -2.10. The Morgan fingerprint density at radius 2 is 2.05 bits per heavy atom. The second-order valence-electron chi connectivity index (χ2n) is 3.53. The van der Waals surface area contributed by atoms with Gasteiger partial charge < -0.3 is 14.2 Å².